The molecule has 0 amide bonds. The maximum Gasteiger partial charge on any atom is 0.148 e. The smallest absolute Gasteiger partial charge is 0.148 e. The molecule has 20 heavy (non-hydrogen) atoms. The summed E-state index contributed by atoms with van der Waals surface area (Å²) in [4.78, 5) is 1.09. The molecule has 0 saturated carbocycles. The van der Waals surface area contributed by atoms with E-state index < -0.39 is 0 Å². The summed E-state index contributed by atoms with van der Waals surface area (Å²) in [5, 5.41) is 8.66. The Kier molecular flexibility index (Phi) is 5.18. The Morgan fingerprint density at radius 1 is 1.30 bits per heavy atom. The van der Waals surface area contributed by atoms with Crippen LogP contribution in [-0.4, -0.2) is 6.04 Å². The van der Waals surface area contributed by atoms with Gasteiger partial charge >= 0.3 is 0 Å². The molecule has 1 heterocycles. The first-order valence-electron chi connectivity index (χ1n) is 6.23. The SMILES string of the molecule is CC(N)C(Oc1ccc(CC#N)cc1)c1ccc(Br)s1. The van der Waals surface area contributed by atoms with Crippen LogP contribution in [0.5, 0.6) is 5.75 Å². The van der Waals surface area contributed by atoms with E-state index in [4.69, 9.17) is 15.7 Å². The number of halogens is 1. The highest BCUT2D eigenvalue weighted by Crippen LogP contribution is 2.32. The van der Waals surface area contributed by atoms with E-state index in [9.17, 15) is 0 Å². The van der Waals surface area contributed by atoms with Gasteiger partial charge in [0, 0.05) is 10.9 Å². The Hall–Kier alpha value is -1.35. The maximum atomic E-state index is 8.66. The summed E-state index contributed by atoms with van der Waals surface area (Å²) in [6.45, 7) is 1.93. The van der Waals surface area contributed by atoms with Crippen LogP contribution < -0.4 is 10.5 Å². The fourth-order valence-electron chi connectivity index (χ4n) is 1.83. The predicted octanol–water partition coefficient (Wildman–Crippen LogP) is 4.04. The fourth-order valence-corrected chi connectivity index (χ4v) is 3.40. The number of hydrogen-bond acceptors (Lipinski definition) is 4. The van der Waals surface area contributed by atoms with E-state index in [1.165, 1.54) is 0 Å². The third-order valence-electron chi connectivity index (χ3n) is 2.82. The lowest BCUT2D eigenvalue weighted by Gasteiger charge is -2.21. The Bertz CT molecular complexity index is 601. The molecule has 0 aliphatic heterocycles. The molecule has 0 radical (unpaired) electrons. The highest BCUT2D eigenvalue weighted by Gasteiger charge is 2.20. The highest BCUT2D eigenvalue weighted by molar-refractivity contribution is 9.11. The molecule has 5 heteroatoms. The summed E-state index contributed by atoms with van der Waals surface area (Å²) in [7, 11) is 0. The lowest BCUT2D eigenvalue weighted by molar-refractivity contribution is 0.184. The van der Waals surface area contributed by atoms with E-state index in [1.807, 2.05) is 43.3 Å². The van der Waals surface area contributed by atoms with Crippen molar-refractivity contribution in [1.29, 1.82) is 5.26 Å². The molecule has 0 fully saturated rings. The van der Waals surface area contributed by atoms with Crippen LogP contribution in [0.4, 0.5) is 0 Å². The number of rotatable bonds is 5. The normalized spacial score (nSPS) is 13.5. The number of benzene rings is 1. The van der Waals surface area contributed by atoms with Gasteiger partial charge in [0.15, 0.2) is 0 Å². The Morgan fingerprint density at radius 2 is 2.00 bits per heavy atom. The van der Waals surface area contributed by atoms with Crippen molar-refractivity contribution < 1.29 is 4.74 Å². The molecule has 2 atom stereocenters. The molecule has 0 aliphatic rings. The van der Waals surface area contributed by atoms with E-state index in [0.717, 1.165) is 20.0 Å². The van der Waals surface area contributed by atoms with Gasteiger partial charge in [0.2, 0.25) is 0 Å². The van der Waals surface area contributed by atoms with Crippen molar-refractivity contribution in [2.75, 3.05) is 0 Å². The van der Waals surface area contributed by atoms with Crippen LogP contribution in [0.2, 0.25) is 0 Å². The zero-order valence-corrected chi connectivity index (χ0v) is 13.4. The minimum Gasteiger partial charge on any atom is -0.483 e. The van der Waals surface area contributed by atoms with Crippen LogP contribution in [0.1, 0.15) is 23.5 Å². The van der Waals surface area contributed by atoms with Gasteiger partial charge in [-0.15, -0.1) is 11.3 Å². The number of thiophene rings is 1. The number of nitrogens with zero attached hydrogens (tertiary/aromatic N) is 1. The Morgan fingerprint density at radius 3 is 2.50 bits per heavy atom. The average molecular weight is 351 g/mol. The minimum absolute atomic E-state index is 0.112. The fraction of sp³-hybridized carbons (Fsp3) is 0.267. The second-order valence-corrected chi connectivity index (χ2v) is 7.01. The molecule has 2 aromatic rings. The molecule has 1 aromatic carbocycles. The monoisotopic (exact) mass is 350 g/mol. The molecule has 3 nitrogen and oxygen atoms in total. The lowest BCUT2D eigenvalue weighted by Crippen LogP contribution is -2.28. The highest BCUT2D eigenvalue weighted by atomic mass is 79.9. The van der Waals surface area contributed by atoms with Crippen molar-refractivity contribution in [3.05, 3.63) is 50.6 Å². The van der Waals surface area contributed by atoms with Gasteiger partial charge in [-0.1, -0.05) is 12.1 Å². The van der Waals surface area contributed by atoms with Crippen LogP contribution in [0.3, 0.4) is 0 Å². The van der Waals surface area contributed by atoms with Crippen molar-refractivity contribution in [1.82, 2.24) is 0 Å². The summed E-state index contributed by atoms with van der Waals surface area (Å²) in [5.74, 6) is 0.763. The van der Waals surface area contributed by atoms with Crippen LogP contribution >= 0.6 is 27.3 Å². The summed E-state index contributed by atoms with van der Waals surface area (Å²) in [5.41, 5.74) is 7.01. The van der Waals surface area contributed by atoms with Crippen molar-refractivity contribution >= 4 is 27.3 Å². The van der Waals surface area contributed by atoms with Crippen LogP contribution in [0, 0.1) is 11.3 Å². The largest absolute Gasteiger partial charge is 0.483 e. The average Bonchev–Trinajstić information content (AvgIpc) is 2.84. The molecule has 0 saturated heterocycles. The van der Waals surface area contributed by atoms with E-state index in [2.05, 4.69) is 22.0 Å². The van der Waals surface area contributed by atoms with Gasteiger partial charge in [-0.2, -0.15) is 5.26 Å². The number of hydrogen-bond donors (Lipinski definition) is 1. The summed E-state index contributed by atoms with van der Waals surface area (Å²) in [6.07, 6.45) is 0.239. The van der Waals surface area contributed by atoms with Crippen LogP contribution in [0.25, 0.3) is 0 Å². The van der Waals surface area contributed by atoms with E-state index in [1.54, 1.807) is 11.3 Å². The summed E-state index contributed by atoms with van der Waals surface area (Å²) < 4.78 is 7.05. The first kappa shape index (κ1) is 15.0. The zero-order chi connectivity index (χ0) is 14.5. The number of ether oxygens (including phenoxy) is 1. The van der Waals surface area contributed by atoms with Gasteiger partial charge in [0.25, 0.3) is 0 Å². The molecule has 0 bridgehead atoms. The second kappa shape index (κ2) is 6.89. The van der Waals surface area contributed by atoms with Crippen molar-refractivity contribution in [3.8, 4) is 11.8 Å². The molecular weight excluding hydrogens is 336 g/mol. The predicted molar refractivity (Wildman–Crippen MR) is 84.8 cm³/mol. The minimum atomic E-state index is -0.173. The Balaban J connectivity index is 2.14. The first-order valence-corrected chi connectivity index (χ1v) is 7.84. The molecule has 104 valence electrons. The van der Waals surface area contributed by atoms with Gasteiger partial charge in [0.1, 0.15) is 11.9 Å². The third-order valence-corrected chi connectivity index (χ3v) is 4.51. The molecule has 2 unspecified atom stereocenters. The van der Waals surface area contributed by atoms with E-state index in [-0.39, 0.29) is 12.1 Å². The first-order chi connectivity index (χ1) is 9.60. The van der Waals surface area contributed by atoms with Crippen molar-refractivity contribution in [3.63, 3.8) is 0 Å². The number of nitrogens with two attached hydrogens (primary N) is 1. The second-order valence-electron chi connectivity index (χ2n) is 4.52. The number of nitriles is 1. The van der Waals surface area contributed by atoms with Gasteiger partial charge in [-0.05, 0) is 52.7 Å². The van der Waals surface area contributed by atoms with Gasteiger partial charge < -0.3 is 10.5 Å². The standard InChI is InChI=1S/C15H15BrN2OS/c1-10(18)15(13-6-7-14(16)20-13)19-12-4-2-11(3-5-12)8-9-17/h2-7,10,15H,8,18H2,1H3. The van der Waals surface area contributed by atoms with Crippen LogP contribution in [0.15, 0.2) is 40.2 Å². The van der Waals surface area contributed by atoms with E-state index >= 15 is 0 Å². The summed E-state index contributed by atoms with van der Waals surface area (Å²) >= 11 is 5.08. The third kappa shape index (κ3) is 3.83. The lowest BCUT2D eigenvalue weighted by atomic mass is 10.1. The van der Waals surface area contributed by atoms with Crippen molar-refractivity contribution in [2.45, 2.75) is 25.5 Å². The van der Waals surface area contributed by atoms with Gasteiger partial charge in [-0.3, -0.25) is 0 Å². The molecule has 0 spiro atoms. The molecule has 1 aromatic heterocycles. The van der Waals surface area contributed by atoms with Crippen LogP contribution in [-0.2, 0) is 6.42 Å². The summed E-state index contributed by atoms with van der Waals surface area (Å²) in [6, 6.07) is 13.6. The van der Waals surface area contributed by atoms with E-state index in [0.29, 0.717) is 6.42 Å². The molecule has 2 rings (SSSR count). The van der Waals surface area contributed by atoms with Gasteiger partial charge in [0.05, 0.1) is 16.3 Å². The van der Waals surface area contributed by atoms with Gasteiger partial charge in [-0.25, -0.2) is 0 Å². The molecular formula is C15H15BrN2OS. The Labute approximate surface area is 131 Å². The quantitative estimate of drug-likeness (QED) is 0.884. The molecule has 2 N–H and O–H groups in total. The zero-order valence-electron chi connectivity index (χ0n) is 11.0. The molecule has 0 aliphatic carbocycles. The van der Waals surface area contributed by atoms with Crippen molar-refractivity contribution in [2.24, 2.45) is 5.73 Å². The topological polar surface area (TPSA) is 59.0 Å². The maximum absolute atomic E-state index is 8.66.